The lowest BCUT2D eigenvalue weighted by molar-refractivity contribution is 0.422. The molecule has 120 valence electrons. The molecular weight excluding hydrogens is 270 g/mol. The minimum Gasteiger partial charge on any atom is -0.430 e. The Bertz CT molecular complexity index is 561. The fourth-order valence-corrected chi connectivity index (χ4v) is 2.60. The smallest absolute Gasteiger partial charge is 0.223 e. The fourth-order valence-electron chi connectivity index (χ4n) is 2.60. The van der Waals surface area contributed by atoms with Crippen molar-refractivity contribution in [1.82, 2.24) is 4.98 Å². The van der Waals surface area contributed by atoms with Gasteiger partial charge in [0.1, 0.15) is 0 Å². The Labute approximate surface area is 135 Å². The molecule has 0 saturated heterocycles. The van der Waals surface area contributed by atoms with Crippen molar-refractivity contribution in [2.24, 2.45) is 5.92 Å². The number of nitrogens with zero attached hydrogens (tertiary/aromatic N) is 1. The molecule has 0 aliphatic carbocycles. The predicted molar refractivity (Wildman–Crippen MR) is 94.2 cm³/mol. The van der Waals surface area contributed by atoms with Crippen LogP contribution in [-0.4, -0.2) is 4.98 Å². The Morgan fingerprint density at radius 1 is 1.27 bits per heavy atom. The summed E-state index contributed by atoms with van der Waals surface area (Å²) in [6, 6.07) is 0. The van der Waals surface area contributed by atoms with Crippen molar-refractivity contribution in [3.8, 4) is 5.88 Å². The normalized spacial score (nSPS) is 11.0. The van der Waals surface area contributed by atoms with E-state index in [1.807, 2.05) is 12.3 Å². The molecule has 1 heterocycles. The zero-order valence-electron chi connectivity index (χ0n) is 14.7. The molecule has 0 N–H and O–H groups in total. The molecule has 0 unspecified atom stereocenters. The van der Waals surface area contributed by atoms with Gasteiger partial charge in [-0.3, -0.25) is 0 Å². The van der Waals surface area contributed by atoms with Gasteiger partial charge < -0.3 is 4.74 Å². The standard InChI is InChI=1S/C20H29NO/c1-7-16(8-2)12-13-18(10-4)22-20-15(6)19(11-5)17(9-3)14-21-20/h12-14,16H,4,7-9,11H2,1-3,5-6H3. The van der Waals surface area contributed by atoms with Gasteiger partial charge in [0.05, 0.1) is 0 Å². The second kappa shape index (κ2) is 9.27. The number of hydrogen-bond acceptors (Lipinski definition) is 2. The molecule has 0 atom stereocenters. The van der Waals surface area contributed by atoms with Crippen LogP contribution < -0.4 is 4.74 Å². The average Bonchev–Trinajstić information content (AvgIpc) is 2.55. The summed E-state index contributed by atoms with van der Waals surface area (Å²) in [7, 11) is 0. The van der Waals surface area contributed by atoms with E-state index in [-0.39, 0.29) is 0 Å². The molecule has 1 rings (SSSR count). The van der Waals surface area contributed by atoms with Crippen LogP contribution in [0, 0.1) is 12.8 Å². The minimum atomic E-state index is 0.565. The number of hydrogen-bond donors (Lipinski definition) is 0. The Morgan fingerprint density at radius 2 is 1.95 bits per heavy atom. The lowest BCUT2D eigenvalue weighted by Gasteiger charge is -2.14. The van der Waals surface area contributed by atoms with E-state index in [9.17, 15) is 0 Å². The van der Waals surface area contributed by atoms with Crippen molar-refractivity contribution in [2.45, 2.75) is 60.3 Å². The molecule has 0 saturated carbocycles. The number of ether oxygens (including phenoxy) is 1. The first kappa shape index (κ1) is 18.3. The molecule has 0 fully saturated rings. The third-order valence-corrected chi connectivity index (χ3v) is 4.18. The molecule has 0 spiro atoms. The van der Waals surface area contributed by atoms with E-state index in [1.165, 1.54) is 11.1 Å². The van der Waals surface area contributed by atoms with Gasteiger partial charge >= 0.3 is 0 Å². The van der Waals surface area contributed by atoms with Crippen LogP contribution >= 0.6 is 0 Å². The van der Waals surface area contributed by atoms with Gasteiger partial charge in [0.2, 0.25) is 5.88 Å². The van der Waals surface area contributed by atoms with Crippen molar-refractivity contribution in [2.75, 3.05) is 0 Å². The summed E-state index contributed by atoms with van der Waals surface area (Å²) >= 11 is 0. The third-order valence-electron chi connectivity index (χ3n) is 4.18. The molecule has 1 aromatic rings. The van der Waals surface area contributed by atoms with E-state index in [0.717, 1.165) is 31.2 Å². The van der Waals surface area contributed by atoms with E-state index in [1.54, 1.807) is 0 Å². The molecule has 2 nitrogen and oxygen atoms in total. The molecule has 22 heavy (non-hydrogen) atoms. The van der Waals surface area contributed by atoms with Gasteiger partial charge in [-0.05, 0) is 55.7 Å². The maximum absolute atomic E-state index is 5.92. The summed E-state index contributed by atoms with van der Waals surface area (Å²) in [6.45, 7) is 14.5. The van der Waals surface area contributed by atoms with E-state index >= 15 is 0 Å². The molecule has 0 radical (unpaired) electrons. The molecule has 0 aromatic carbocycles. The van der Waals surface area contributed by atoms with Gasteiger partial charge in [0.25, 0.3) is 0 Å². The van der Waals surface area contributed by atoms with Crippen LogP contribution in [0.2, 0.25) is 0 Å². The second-order valence-corrected chi connectivity index (χ2v) is 5.48. The first-order chi connectivity index (χ1) is 10.6. The highest BCUT2D eigenvalue weighted by atomic mass is 16.5. The molecule has 0 aliphatic rings. The van der Waals surface area contributed by atoms with Gasteiger partial charge in [-0.25, -0.2) is 4.98 Å². The SMILES string of the molecule is C=C=C(C=CC(CC)CC)Oc1ncc(CC)c(CC)c1C. The van der Waals surface area contributed by atoms with Crippen molar-refractivity contribution < 1.29 is 4.74 Å². The third kappa shape index (κ3) is 4.61. The quantitative estimate of drug-likeness (QED) is 0.356. The Morgan fingerprint density at radius 3 is 2.45 bits per heavy atom. The number of aryl methyl sites for hydroxylation is 1. The lowest BCUT2D eigenvalue weighted by atomic mass is 10.0. The van der Waals surface area contributed by atoms with E-state index in [4.69, 9.17) is 4.74 Å². The molecule has 1 aromatic heterocycles. The molecule has 0 bridgehead atoms. The van der Waals surface area contributed by atoms with Gasteiger partial charge in [-0.1, -0.05) is 46.1 Å². The Hall–Kier alpha value is -1.79. The first-order valence-corrected chi connectivity index (χ1v) is 8.34. The van der Waals surface area contributed by atoms with Crippen molar-refractivity contribution in [1.29, 1.82) is 0 Å². The second-order valence-electron chi connectivity index (χ2n) is 5.48. The number of pyridine rings is 1. The van der Waals surface area contributed by atoms with E-state index < -0.39 is 0 Å². The van der Waals surface area contributed by atoms with Gasteiger partial charge in [-0.2, -0.15) is 0 Å². The van der Waals surface area contributed by atoms with Crippen LogP contribution in [-0.2, 0) is 12.8 Å². The molecular formula is C20H29NO. The highest BCUT2D eigenvalue weighted by Gasteiger charge is 2.11. The highest BCUT2D eigenvalue weighted by Crippen LogP contribution is 2.25. The Kier molecular flexibility index (Phi) is 7.70. The van der Waals surface area contributed by atoms with Crippen molar-refractivity contribution in [3.63, 3.8) is 0 Å². The monoisotopic (exact) mass is 299 g/mol. The average molecular weight is 299 g/mol. The van der Waals surface area contributed by atoms with E-state index in [0.29, 0.717) is 17.6 Å². The largest absolute Gasteiger partial charge is 0.430 e. The zero-order chi connectivity index (χ0) is 16.5. The maximum Gasteiger partial charge on any atom is 0.223 e. The highest BCUT2D eigenvalue weighted by molar-refractivity contribution is 5.40. The summed E-state index contributed by atoms with van der Waals surface area (Å²) < 4.78 is 5.92. The maximum atomic E-state index is 5.92. The summed E-state index contributed by atoms with van der Waals surface area (Å²) in [5, 5.41) is 0. The Balaban J connectivity index is 3.00. The van der Waals surface area contributed by atoms with Crippen molar-refractivity contribution in [3.05, 3.63) is 53.1 Å². The molecule has 0 amide bonds. The topological polar surface area (TPSA) is 22.1 Å². The lowest BCUT2D eigenvalue weighted by Crippen LogP contribution is -2.03. The van der Waals surface area contributed by atoms with Gasteiger partial charge in [-0.15, -0.1) is 0 Å². The molecule has 2 heteroatoms. The molecule has 0 aliphatic heterocycles. The summed E-state index contributed by atoms with van der Waals surface area (Å²) in [6.07, 6.45) is 10.3. The summed E-state index contributed by atoms with van der Waals surface area (Å²) in [4.78, 5) is 4.47. The fraction of sp³-hybridized carbons (Fsp3) is 0.500. The van der Waals surface area contributed by atoms with Crippen molar-refractivity contribution >= 4 is 0 Å². The van der Waals surface area contributed by atoms with Gasteiger partial charge in [0.15, 0.2) is 5.76 Å². The van der Waals surface area contributed by atoms with Crippen LogP contribution in [0.1, 0.15) is 57.2 Å². The summed E-state index contributed by atoms with van der Waals surface area (Å²) in [5.74, 6) is 1.86. The number of allylic oxidation sites excluding steroid dienone is 2. The van der Waals surface area contributed by atoms with Crippen LogP contribution in [0.25, 0.3) is 0 Å². The van der Waals surface area contributed by atoms with E-state index in [2.05, 4.69) is 58.0 Å². The zero-order valence-corrected chi connectivity index (χ0v) is 14.7. The van der Waals surface area contributed by atoms with Crippen LogP contribution in [0.3, 0.4) is 0 Å². The predicted octanol–water partition coefficient (Wildman–Crippen LogP) is 5.55. The number of aromatic nitrogens is 1. The first-order valence-electron chi connectivity index (χ1n) is 8.34. The van der Waals surface area contributed by atoms with Crippen LogP contribution in [0.15, 0.2) is 36.4 Å². The number of rotatable bonds is 8. The van der Waals surface area contributed by atoms with Crippen LogP contribution in [0.4, 0.5) is 0 Å². The minimum absolute atomic E-state index is 0.565. The summed E-state index contributed by atoms with van der Waals surface area (Å²) in [5.41, 5.74) is 6.61. The van der Waals surface area contributed by atoms with Crippen LogP contribution in [0.5, 0.6) is 5.88 Å². The van der Waals surface area contributed by atoms with Gasteiger partial charge in [0, 0.05) is 11.8 Å².